The van der Waals surface area contributed by atoms with Crippen molar-refractivity contribution in [3.63, 3.8) is 0 Å². The van der Waals surface area contributed by atoms with Crippen LogP contribution in [0.4, 0.5) is 0 Å². The van der Waals surface area contributed by atoms with E-state index in [4.69, 9.17) is 0 Å². The second-order valence-electron chi connectivity index (χ2n) is 5.14. The molecule has 0 unspecified atom stereocenters. The van der Waals surface area contributed by atoms with Crippen LogP contribution in [-0.4, -0.2) is 25.2 Å². The van der Waals surface area contributed by atoms with E-state index in [-0.39, 0.29) is 5.41 Å². The van der Waals surface area contributed by atoms with Gasteiger partial charge in [-0.1, -0.05) is 39.0 Å². The highest BCUT2D eigenvalue weighted by atomic mass is 79.9. The van der Waals surface area contributed by atoms with Gasteiger partial charge in [0.2, 0.25) is 5.16 Å². The lowest BCUT2D eigenvalue weighted by Crippen LogP contribution is -2.12. The molecule has 0 atom stereocenters. The number of hydrogen-bond donors (Lipinski definition) is 0. The molecule has 8 heteroatoms. The van der Waals surface area contributed by atoms with Gasteiger partial charge < -0.3 is 0 Å². The fraction of sp³-hybridized carbons (Fsp3) is 0.636. The van der Waals surface area contributed by atoms with Crippen LogP contribution in [0.1, 0.15) is 39.8 Å². The van der Waals surface area contributed by atoms with Gasteiger partial charge in [-0.25, -0.2) is 9.67 Å². The Labute approximate surface area is 129 Å². The fourth-order valence-electron chi connectivity index (χ4n) is 1.49. The van der Waals surface area contributed by atoms with Gasteiger partial charge >= 0.3 is 0 Å². The topological polar surface area (TPSA) is 56.5 Å². The minimum Gasteiger partial charge on any atom is -0.232 e. The lowest BCUT2D eigenvalue weighted by atomic mass is 9.93. The number of thiazole rings is 1. The molecule has 2 rings (SSSR count). The number of hydrogen-bond acceptors (Lipinski definition) is 6. The standard InChI is InChI=1S/C11H16BrN5S2/c1-5-6-17-9(14-15-16-17)19-10-13-7(8(12)18-10)11(2,3)4/h5-6H2,1-4H3. The maximum atomic E-state index is 4.68. The third-order valence-corrected chi connectivity index (χ3v) is 5.13. The van der Waals surface area contributed by atoms with Gasteiger partial charge in [-0.2, -0.15) is 0 Å². The molecule has 0 bridgehead atoms. The van der Waals surface area contributed by atoms with Crippen LogP contribution in [0.15, 0.2) is 13.3 Å². The van der Waals surface area contributed by atoms with E-state index in [9.17, 15) is 0 Å². The third kappa shape index (κ3) is 3.55. The van der Waals surface area contributed by atoms with Gasteiger partial charge in [0.15, 0.2) is 4.34 Å². The van der Waals surface area contributed by atoms with Crippen LogP contribution >= 0.6 is 39.0 Å². The van der Waals surface area contributed by atoms with Crippen molar-refractivity contribution >= 4 is 39.0 Å². The maximum absolute atomic E-state index is 4.68. The summed E-state index contributed by atoms with van der Waals surface area (Å²) >= 11 is 6.73. The largest absolute Gasteiger partial charge is 0.232 e. The van der Waals surface area contributed by atoms with Gasteiger partial charge in [0, 0.05) is 12.0 Å². The van der Waals surface area contributed by atoms with E-state index < -0.39 is 0 Å². The fourth-order valence-corrected chi connectivity index (χ4v) is 4.94. The van der Waals surface area contributed by atoms with Crippen molar-refractivity contribution in [2.45, 2.75) is 55.6 Å². The highest BCUT2D eigenvalue weighted by molar-refractivity contribution is 9.11. The number of aryl methyl sites for hydroxylation is 1. The summed E-state index contributed by atoms with van der Waals surface area (Å²) in [7, 11) is 0. The molecular formula is C11H16BrN5S2. The van der Waals surface area contributed by atoms with Crippen molar-refractivity contribution in [1.82, 2.24) is 25.2 Å². The van der Waals surface area contributed by atoms with Crippen LogP contribution in [0.3, 0.4) is 0 Å². The quantitative estimate of drug-likeness (QED) is 0.829. The highest BCUT2D eigenvalue weighted by Crippen LogP contribution is 2.39. The first-order valence-electron chi connectivity index (χ1n) is 6.02. The van der Waals surface area contributed by atoms with Crippen molar-refractivity contribution in [3.05, 3.63) is 9.48 Å². The smallest absolute Gasteiger partial charge is 0.216 e. The van der Waals surface area contributed by atoms with E-state index in [0.717, 1.165) is 31.9 Å². The Kier molecular flexibility index (Phi) is 4.62. The minimum atomic E-state index is 0.0312. The third-order valence-electron chi connectivity index (χ3n) is 2.39. The van der Waals surface area contributed by atoms with Crippen molar-refractivity contribution in [1.29, 1.82) is 0 Å². The average Bonchev–Trinajstić information content (AvgIpc) is 2.87. The molecule has 0 N–H and O–H groups in total. The summed E-state index contributed by atoms with van der Waals surface area (Å²) in [6.45, 7) is 9.40. The zero-order valence-corrected chi connectivity index (χ0v) is 14.6. The lowest BCUT2D eigenvalue weighted by Gasteiger charge is -2.15. The molecule has 0 aliphatic carbocycles. The molecule has 0 amide bonds. The molecule has 104 valence electrons. The number of rotatable bonds is 4. The van der Waals surface area contributed by atoms with Gasteiger partial charge in [0.25, 0.3) is 0 Å². The summed E-state index contributed by atoms with van der Waals surface area (Å²) in [5, 5.41) is 12.5. The average molecular weight is 362 g/mol. The highest BCUT2D eigenvalue weighted by Gasteiger charge is 2.23. The van der Waals surface area contributed by atoms with Crippen molar-refractivity contribution in [2.24, 2.45) is 0 Å². The van der Waals surface area contributed by atoms with Gasteiger partial charge in [-0.15, -0.1) is 5.10 Å². The number of aromatic nitrogens is 5. The van der Waals surface area contributed by atoms with Crippen LogP contribution < -0.4 is 0 Å². The molecule has 5 nitrogen and oxygen atoms in total. The lowest BCUT2D eigenvalue weighted by molar-refractivity contribution is 0.539. The van der Waals surface area contributed by atoms with E-state index >= 15 is 0 Å². The Hall–Kier alpha value is -0.470. The Morgan fingerprint density at radius 1 is 1.37 bits per heavy atom. The predicted molar refractivity (Wildman–Crippen MR) is 80.7 cm³/mol. The maximum Gasteiger partial charge on any atom is 0.216 e. The Bertz CT molecular complexity index is 558. The normalized spacial score (nSPS) is 12.1. The van der Waals surface area contributed by atoms with Crippen LogP contribution in [-0.2, 0) is 12.0 Å². The molecule has 0 spiro atoms. The van der Waals surface area contributed by atoms with Gasteiger partial charge in [0.1, 0.15) is 0 Å². The molecule has 0 saturated carbocycles. The molecule has 0 aromatic carbocycles. The molecule has 0 radical (unpaired) electrons. The monoisotopic (exact) mass is 361 g/mol. The molecule has 2 heterocycles. The van der Waals surface area contributed by atoms with Crippen LogP contribution in [0.5, 0.6) is 0 Å². The van der Waals surface area contributed by atoms with Crippen molar-refractivity contribution in [2.75, 3.05) is 0 Å². The zero-order valence-electron chi connectivity index (χ0n) is 11.3. The van der Waals surface area contributed by atoms with Crippen molar-refractivity contribution in [3.8, 4) is 0 Å². The number of halogens is 1. The van der Waals surface area contributed by atoms with Gasteiger partial charge in [-0.3, -0.25) is 0 Å². The van der Waals surface area contributed by atoms with E-state index in [1.165, 1.54) is 11.8 Å². The summed E-state index contributed by atoms with van der Waals surface area (Å²) < 4.78 is 3.86. The molecule has 2 aromatic heterocycles. The summed E-state index contributed by atoms with van der Waals surface area (Å²) in [4.78, 5) is 4.68. The van der Waals surface area contributed by atoms with E-state index in [1.54, 1.807) is 11.3 Å². The first kappa shape index (κ1) is 14.9. The van der Waals surface area contributed by atoms with Crippen LogP contribution in [0, 0.1) is 0 Å². The zero-order chi connectivity index (χ0) is 14.0. The van der Waals surface area contributed by atoms with Crippen LogP contribution in [0.2, 0.25) is 0 Å². The summed E-state index contributed by atoms with van der Waals surface area (Å²) in [5.41, 5.74) is 1.11. The molecule has 0 fully saturated rings. The second-order valence-corrected chi connectivity index (χ2v) is 8.67. The first-order valence-corrected chi connectivity index (χ1v) is 8.45. The molecule has 0 aliphatic heterocycles. The second kappa shape index (κ2) is 5.88. The van der Waals surface area contributed by atoms with Crippen LogP contribution in [0.25, 0.3) is 0 Å². The Morgan fingerprint density at radius 2 is 2.11 bits per heavy atom. The molecule has 2 aromatic rings. The van der Waals surface area contributed by atoms with Gasteiger partial charge in [0.05, 0.1) is 9.48 Å². The van der Waals surface area contributed by atoms with Crippen molar-refractivity contribution < 1.29 is 0 Å². The summed E-state index contributed by atoms with van der Waals surface area (Å²) in [6.07, 6.45) is 1.01. The number of nitrogens with zero attached hydrogens (tertiary/aromatic N) is 5. The molecule has 0 saturated heterocycles. The van der Waals surface area contributed by atoms with E-state index in [0.29, 0.717) is 0 Å². The Morgan fingerprint density at radius 3 is 2.68 bits per heavy atom. The van der Waals surface area contributed by atoms with E-state index in [1.807, 2.05) is 4.68 Å². The summed E-state index contributed by atoms with van der Waals surface area (Å²) in [6, 6.07) is 0. The minimum absolute atomic E-state index is 0.0312. The van der Waals surface area contributed by atoms with Gasteiger partial charge in [-0.05, 0) is 44.5 Å². The molecule has 19 heavy (non-hydrogen) atoms. The molecule has 0 aliphatic rings. The Balaban J connectivity index is 2.22. The molecular weight excluding hydrogens is 346 g/mol. The number of tetrazole rings is 1. The SMILES string of the molecule is CCCn1nnnc1Sc1nc(C(C)(C)C)c(Br)s1. The first-order chi connectivity index (χ1) is 8.91. The predicted octanol–water partition coefficient (Wildman–Crippen LogP) is 3.75. The summed E-state index contributed by atoms with van der Waals surface area (Å²) in [5.74, 6) is 0. The van der Waals surface area contributed by atoms with E-state index in [2.05, 4.69) is 64.1 Å².